The second kappa shape index (κ2) is 9.59. The molecule has 0 spiro atoms. The number of rotatable bonds is 8. The summed E-state index contributed by atoms with van der Waals surface area (Å²) in [5.41, 5.74) is 2.51. The molecule has 0 unspecified atom stereocenters. The minimum Gasteiger partial charge on any atom is -0.383 e. The molecular weight excluding hydrogens is 316 g/mol. The topological polar surface area (TPSA) is 58.6 Å². The van der Waals surface area contributed by atoms with Crippen LogP contribution in [-0.4, -0.2) is 43.5 Å². The molecule has 5 heteroatoms. The van der Waals surface area contributed by atoms with Crippen LogP contribution in [0.3, 0.4) is 0 Å². The predicted molar refractivity (Wildman–Crippen MR) is 97.2 cm³/mol. The molecule has 0 aliphatic carbocycles. The van der Waals surface area contributed by atoms with Crippen LogP contribution in [0.1, 0.15) is 21.5 Å². The number of ether oxygens (including phenoxy) is 1. The van der Waals surface area contributed by atoms with E-state index < -0.39 is 0 Å². The Hall–Kier alpha value is -2.66. The molecule has 5 nitrogen and oxygen atoms in total. The van der Waals surface area contributed by atoms with Crippen LogP contribution in [0, 0.1) is 6.92 Å². The van der Waals surface area contributed by atoms with Crippen LogP contribution in [0.25, 0.3) is 0 Å². The minimum atomic E-state index is -0.238. The summed E-state index contributed by atoms with van der Waals surface area (Å²) < 4.78 is 5.09. The lowest BCUT2D eigenvalue weighted by atomic mass is 10.1. The van der Waals surface area contributed by atoms with Gasteiger partial charge in [-0.25, -0.2) is 0 Å². The number of benzene rings is 2. The molecule has 0 radical (unpaired) electrons. The van der Waals surface area contributed by atoms with Crippen LogP contribution in [0.5, 0.6) is 0 Å². The number of hydrogen-bond acceptors (Lipinski definition) is 3. The molecule has 0 fully saturated rings. The van der Waals surface area contributed by atoms with E-state index in [2.05, 4.69) is 5.32 Å². The zero-order valence-corrected chi connectivity index (χ0v) is 14.7. The van der Waals surface area contributed by atoms with Crippen LogP contribution >= 0.6 is 0 Å². The number of carbonyl (C=O) groups excluding carboxylic acids is 2. The van der Waals surface area contributed by atoms with Gasteiger partial charge >= 0.3 is 0 Å². The summed E-state index contributed by atoms with van der Waals surface area (Å²) >= 11 is 0. The van der Waals surface area contributed by atoms with E-state index in [0.717, 1.165) is 11.1 Å². The molecule has 0 aliphatic rings. The van der Waals surface area contributed by atoms with Crippen molar-refractivity contribution in [2.24, 2.45) is 0 Å². The Morgan fingerprint density at radius 2 is 1.72 bits per heavy atom. The molecule has 0 aliphatic heterocycles. The minimum absolute atomic E-state index is 0.0380. The normalized spacial score (nSPS) is 10.3. The first-order valence-electron chi connectivity index (χ1n) is 8.26. The maximum absolute atomic E-state index is 12.5. The molecule has 2 rings (SSSR count). The van der Waals surface area contributed by atoms with Crippen LogP contribution < -0.4 is 5.32 Å². The van der Waals surface area contributed by atoms with Gasteiger partial charge in [0.2, 0.25) is 5.91 Å². The van der Waals surface area contributed by atoms with Crippen molar-refractivity contribution in [3.8, 4) is 0 Å². The zero-order chi connectivity index (χ0) is 18.1. The number of carbonyl (C=O) groups is 2. The van der Waals surface area contributed by atoms with E-state index in [1.165, 1.54) is 0 Å². The summed E-state index contributed by atoms with van der Waals surface area (Å²) in [6, 6.07) is 17.1. The third-order valence-electron chi connectivity index (χ3n) is 3.92. The van der Waals surface area contributed by atoms with Gasteiger partial charge in [0.15, 0.2) is 0 Å². The summed E-state index contributed by atoms with van der Waals surface area (Å²) in [7, 11) is 1.60. The molecule has 0 aromatic heterocycles. The second-order valence-corrected chi connectivity index (χ2v) is 5.79. The van der Waals surface area contributed by atoms with Gasteiger partial charge in [0.05, 0.1) is 13.2 Å². The average molecular weight is 340 g/mol. The molecule has 1 N–H and O–H groups in total. The fourth-order valence-electron chi connectivity index (χ4n) is 2.49. The van der Waals surface area contributed by atoms with Crippen molar-refractivity contribution in [2.75, 3.05) is 26.8 Å². The highest BCUT2D eigenvalue weighted by Crippen LogP contribution is 2.07. The van der Waals surface area contributed by atoms with E-state index in [-0.39, 0.29) is 18.4 Å². The van der Waals surface area contributed by atoms with Gasteiger partial charge in [-0.2, -0.15) is 0 Å². The lowest BCUT2D eigenvalue weighted by Crippen LogP contribution is -2.41. The quantitative estimate of drug-likeness (QED) is 0.803. The third kappa shape index (κ3) is 5.72. The van der Waals surface area contributed by atoms with E-state index in [1.54, 1.807) is 18.1 Å². The Balaban J connectivity index is 1.96. The van der Waals surface area contributed by atoms with Crippen molar-refractivity contribution >= 4 is 11.8 Å². The Morgan fingerprint density at radius 1 is 1.04 bits per heavy atom. The molecule has 0 saturated heterocycles. The van der Waals surface area contributed by atoms with Gasteiger partial charge in [-0.1, -0.05) is 48.5 Å². The van der Waals surface area contributed by atoms with Crippen LogP contribution in [-0.2, 0) is 16.1 Å². The fourth-order valence-corrected chi connectivity index (χ4v) is 2.49. The van der Waals surface area contributed by atoms with Crippen LogP contribution in [0.2, 0.25) is 0 Å². The van der Waals surface area contributed by atoms with Crippen molar-refractivity contribution < 1.29 is 14.3 Å². The molecule has 0 heterocycles. The highest BCUT2D eigenvalue weighted by atomic mass is 16.5. The first-order chi connectivity index (χ1) is 12.1. The lowest BCUT2D eigenvalue weighted by Gasteiger charge is -2.23. The van der Waals surface area contributed by atoms with Gasteiger partial charge in [0, 0.05) is 25.8 Å². The van der Waals surface area contributed by atoms with Crippen molar-refractivity contribution in [2.45, 2.75) is 13.5 Å². The number of aryl methyl sites for hydroxylation is 1. The molecule has 2 amide bonds. The summed E-state index contributed by atoms with van der Waals surface area (Å²) in [6.45, 7) is 3.25. The Bertz CT molecular complexity index is 701. The standard InChI is InChI=1S/C20H24N2O3/c1-16-8-6-7-11-18(16)20(24)21-14-19(23)22(12-13-25-2)15-17-9-4-3-5-10-17/h3-11H,12-15H2,1-2H3,(H,21,24). The van der Waals surface area contributed by atoms with Gasteiger partial charge in [-0.15, -0.1) is 0 Å². The van der Waals surface area contributed by atoms with E-state index in [0.29, 0.717) is 25.3 Å². The maximum atomic E-state index is 12.5. The van der Waals surface area contributed by atoms with E-state index in [4.69, 9.17) is 4.74 Å². The predicted octanol–water partition coefficient (Wildman–Crippen LogP) is 2.40. The highest BCUT2D eigenvalue weighted by molar-refractivity contribution is 5.97. The lowest BCUT2D eigenvalue weighted by molar-refractivity contribution is -0.131. The van der Waals surface area contributed by atoms with E-state index in [1.807, 2.05) is 55.5 Å². The molecule has 0 atom stereocenters. The summed E-state index contributed by atoms with van der Waals surface area (Å²) in [6.07, 6.45) is 0. The highest BCUT2D eigenvalue weighted by Gasteiger charge is 2.16. The van der Waals surface area contributed by atoms with Gasteiger partial charge in [-0.05, 0) is 24.1 Å². The largest absolute Gasteiger partial charge is 0.383 e. The molecule has 2 aromatic rings. The molecule has 132 valence electrons. The molecule has 0 saturated carbocycles. The van der Waals surface area contributed by atoms with Gasteiger partial charge in [-0.3, -0.25) is 9.59 Å². The Kier molecular flexibility index (Phi) is 7.16. The molecule has 2 aromatic carbocycles. The number of amides is 2. The Labute approximate surface area is 148 Å². The van der Waals surface area contributed by atoms with Crippen molar-refractivity contribution in [3.63, 3.8) is 0 Å². The molecular formula is C20H24N2O3. The fraction of sp³-hybridized carbons (Fsp3) is 0.300. The Morgan fingerprint density at radius 3 is 2.40 bits per heavy atom. The van der Waals surface area contributed by atoms with Gasteiger partial charge in [0.25, 0.3) is 5.91 Å². The summed E-state index contributed by atoms with van der Waals surface area (Å²) in [5.74, 6) is -0.374. The average Bonchev–Trinajstić information content (AvgIpc) is 2.64. The first kappa shape index (κ1) is 18.7. The van der Waals surface area contributed by atoms with Gasteiger partial charge < -0.3 is 15.0 Å². The SMILES string of the molecule is COCCN(Cc1ccccc1)C(=O)CNC(=O)c1ccccc1C. The van der Waals surface area contributed by atoms with Gasteiger partial charge in [0.1, 0.15) is 0 Å². The van der Waals surface area contributed by atoms with Crippen LogP contribution in [0.4, 0.5) is 0 Å². The summed E-state index contributed by atoms with van der Waals surface area (Å²) in [5, 5.41) is 2.71. The summed E-state index contributed by atoms with van der Waals surface area (Å²) in [4.78, 5) is 26.5. The second-order valence-electron chi connectivity index (χ2n) is 5.79. The van der Waals surface area contributed by atoms with E-state index in [9.17, 15) is 9.59 Å². The van der Waals surface area contributed by atoms with Crippen molar-refractivity contribution in [1.82, 2.24) is 10.2 Å². The first-order valence-corrected chi connectivity index (χ1v) is 8.26. The molecule has 0 bridgehead atoms. The van der Waals surface area contributed by atoms with Crippen LogP contribution in [0.15, 0.2) is 54.6 Å². The van der Waals surface area contributed by atoms with E-state index >= 15 is 0 Å². The third-order valence-corrected chi connectivity index (χ3v) is 3.92. The number of nitrogens with zero attached hydrogens (tertiary/aromatic N) is 1. The number of nitrogens with one attached hydrogen (secondary N) is 1. The number of hydrogen-bond donors (Lipinski definition) is 1. The zero-order valence-electron chi connectivity index (χ0n) is 14.7. The maximum Gasteiger partial charge on any atom is 0.251 e. The monoisotopic (exact) mass is 340 g/mol. The smallest absolute Gasteiger partial charge is 0.251 e. The van der Waals surface area contributed by atoms with Crippen molar-refractivity contribution in [3.05, 3.63) is 71.3 Å². The molecule has 25 heavy (non-hydrogen) atoms. The van der Waals surface area contributed by atoms with Crippen molar-refractivity contribution in [1.29, 1.82) is 0 Å². The number of methoxy groups -OCH3 is 1.